The number of hydrogen-bond acceptors (Lipinski definition) is 3. The summed E-state index contributed by atoms with van der Waals surface area (Å²) in [5, 5.41) is 10.6. The minimum atomic E-state index is 0.00643. The van der Waals surface area contributed by atoms with Crippen molar-refractivity contribution < 1.29 is 4.79 Å². The molecular weight excluding hydrogens is 240 g/mol. The lowest BCUT2D eigenvalue weighted by atomic mass is 10.0. The average molecular weight is 256 g/mol. The van der Waals surface area contributed by atoms with Crippen molar-refractivity contribution in [2.24, 2.45) is 0 Å². The average Bonchev–Trinajstić information content (AvgIpc) is 3.07. The summed E-state index contributed by atoms with van der Waals surface area (Å²) in [7, 11) is 0. The highest BCUT2D eigenvalue weighted by Gasteiger charge is 2.27. The maximum absolute atomic E-state index is 12.2. The Morgan fingerprint density at radius 1 is 1.42 bits per heavy atom. The van der Waals surface area contributed by atoms with Crippen molar-refractivity contribution in [3.63, 3.8) is 0 Å². The Bertz CT molecular complexity index is 565. The summed E-state index contributed by atoms with van der Waals surface area (Å²) in [6, 6.07) is 8.20. The second-order valence-electron chi connectivity index (χ2n) is 4.75. The van der Waals surface area contributed by atoms with Crippen LogP contribution in [0.15, 0.2) is 36.7 Å². The smallest absolute Gasteiger partial charge is 0.227 e. The standard InChI is InChI=1S/C14H16N4O/c19-14(15-7-9-18-10-8-16-17-18)13-6-5-11-3-1-2-4-12(11)13/h1-4,8,10,13H,5-7,9H2,(H,15,19). The number of hydrogen-bond donors (Lipinski definition) is 1. The van der Waals surface area contributed by atoms with E-state index in [9.17, 15) is 4.79 Å². The van der Waals surface area contributed by atoms with Crippen LogP contribution in [0.1, 0.15) is 23.5 Å². The van der Waals surface area contributed by atoms with Gasteiger partial charge in [0.25, 0.3) is 0 Å². The molecule has 0 saturated carbocycles. The normalized spacial score (nSPS) is 17.2. The van der Waals surface area contributed by atoms with Crippen LogP contribution in [-0.4, -0.2) is 27.4 Å². The van der Waals surface area contributed by atoms with Gasteiger partial charge in [-0.25, -0.2) is 0 Å². The Morgan fingerprint density at radius 2 is 2.32 bits per heavy atom. The van der Waals surface area contributed by atoms with Crippen molar-refractivity contribution in [1.82, 2.24) is 20.3 Å². The molecule has 1 aliphatic carbocycles. The number of carbonyl (C=O) groups excluding carboxylic acids is 1. The van der Waals surface area contributed by atoms with Crippen LogP contribution in [0, 0.1) is 0 Å². The first kappa shape index (κ1) is 11.9. The molecule has 5 heteroatoms. The summed E-state index contributed by atoms with van der Waals surface area (Å²) in [6.07, 6.45) is 5.33. The molecule has 0 fully saturated rings. The first-order chi connectivity index (χ1) is 9.34. The molecule has 3 rings (SSSR count). The van der Waals surface area contributed by atoms with Crippen molar-refractivity contribution in [1.29, 1.82) is 0 Å². The van der Waals surface area contributed by atoms with E-state index in [2.05, 4.69) is 27.8 Å². The molecule has 1 heterocycles. The Kier molecular flexibility index (Phi) is 3.27. The van der Waals surface area contributed by atoms with E-state index in [-0.39, 0.29) is 11.8 Å². The molecule has 1 amide bonds. The quantitative estimate of drug-likeness (QED) is 0.892. The molecule has 2 aromatic rings. The maximum Gasteiger partial charge on any atom is 0.227 e. The van der Waals surface area contributed by atoms with E-state index in [1.165, 1.54) is 11.1 Å². The van der Waals surface area contributed by atoms with Gasteiger partial charge in [0.05, 0.1) is 18.7 Å². The van der Waals surface area contributed by atoms with Crippen molar-refractivity contribution in [2.45, 2.75) is 25.3 Å². The lowest BCUT2D eigenvalue weighted by molar-refractivity contribution is -0.122. The van der Waals surface area contributed by atoms with Crippen LogP contribution in [0.2, 0.25) is 0 Å². The number of aromatic nitrogens is 3. The Labute approximate surface area is 111 Å². The van der Waals surface area contributed by atoms with Crippen LogP contribution in [-0.2, 0) is 17.8 Å². The SMILES string of the molecule is O=C(NCCn1ccnn1)C1CCc2ccccc21. The molecule has 0 saturated heterocycles. The van der Waals surface area contributed by atoms with Gasteiger partial charge in [-0.15, -0.1) is 5.10 Å². The van der Waals surface area contributed by atoms with Crippen molar-refractivity contribution in [3.8, 4) is 0 Å². The number of carbonyl (C=O) groups is 1. The minimum Gasteiger partial charge on any atom is -0.354 e. The van der Waals surface area contributed by atoms with Gasteiger partial charge < -0.3 is 5.32 Å². The molecule has 98 valence electrons. The fourth-order valence-electron chi connectivity index (χ4n) is 2.60. The van der Waals surface area contributed by atoms with Gasteiger partial charge in [0, 0.05) is 12.7 Å². The number of nitrogens with one attached hydrogen (secondary N) is 1. The summed E-state index contributed by atoms with van der Waals surface area (Å²) in [5.41, 5.74) is 2.49. The largest absolute Gasteiger partial charge is 0.354 e. The topological polar surface area (TPSA) is 59.8 Å². The molecule has 0 spiro atoms. The first-order valence-electron chi connectivity index (χ1n) is 6.54. The Morgan fingerprint density at radius 3 is 3.16 bits per heavy atom. The van der Waals surface area contributed by atoms with Crippen LogP contribution in [0.25, 0.3) is 0 Å². The van der Waals surface area contributed by atoms with Crippen LogP contribution in [0.3, 0.4) is 0 Å². The predicted octanol–water partition coefficient (Wildman–Crippen LogP) is 1.12. The van der Waals surface area contributed by atoms with Crippen LogP contribution in [0.4, 0.5) is 0 Å². The minimum absolute atomic E-state index is 0.00643. The highest BCUT2D eigenvalue weighted by Crippen LogP contribution is 2.32. The van der Waals surface area contributed by atoms with Gasteiger partial charge in [-0.1, -0.05) is 29.5 Å². The molecule has 5 nitrogen and oxygen atoms in total. The first-order valence-corrected chi connectivity index (χ1v) is 6.54. The lowest BCUT2D eigenvalue weighted by Gasteiger charge is -2.12. The van der Waals surface area contributed by atoms with E-state index < -0.39 is 0 Å². The van der Waals surface area contributed by atoms with E-state index in [1.54, 1.807) is 17.1 Å². The Hall–Kier alpha value is -2.17. The van der Waals surface area contributed by atoms with Gasteiger partial charge in [-0.05, 0) is 24.0 Å². The highest BCUT2D eigenvalue weighted by atomic mass is 16.1. The van der Waals surface area contributed by atoms with Crippen LogP contribution in [0.5, 0.6) is 0 Å². The van der Waals surface area contributed by atoms with Crippen LogP contribution >= 0.6 is 0 Å². The number of rotatable bonds is 4. The number of fused-ring (bicyclic) bond motifs is 1. The van der Waals surface area contributed by atoms with Gasteiger partial charge in [-0.2, -0.15) is 0 Å². The molecule has 1 aliphatic rings. The fourth-order valence-corrected chi connectivity index (χ4v) is 2.60. The number of amides is 1. The zero-order valence-electron chi connectivity index (χ0n) is 10.6. The number of nitrogens with zero attached hydrogens (tertiary/aromatic N) is 3. The van der Waals surface area contributed by atoms with Crippen LogP contribution < -0.4 is 5.32 Å². The van der Waals surface area contributed by atoms with E-state index in [1.807, 2.05) is 12.1 Å². The number of benzene rings is 1. The number of aryl methyl sites for hydroxylation is 1. The third-order valence-corrected chi connectivity index (χ3v) is 3.56. The highest BCUT2D eigenvalue weighted by molar-refractivity contribution is 5.84. The summed E-state index contributed by atoms with van der Waals surface area (Å²) < 4.78 is 1.71. The lowest BCUT2D eigenvalue weighted by Crippen LogP contribution is -2.31. The zero-order chi connectivity index (χ0) is 13.1. The van der Waals surface area contributed by atoms with Gasteiger partial charge in [0.2, 0.25) is 5.91 Å². The molecule has 1 aromatic heterocycles. The maximum atomic E-state index is 12.2. The third-order valence-electron chi connectivity index (χ3n) is 3.56. The molecule has 1 atom stereocenters. The van der Waals surface area contributed by atoms with Gasteiger partial charge in [-0.3, -0.25) is 9.48 Å². The van der Waals surface area contributed by atoms with E-state index in [0.717, 1.165) is 12.8 Å². The van der Waals surface area contributed by atoms with E-state index in [4.69, 9.17) is 0 Å². The second-order valence-corrected chi connectivity index (χ2v) is 4.75. The second kappa shape index (κ2) is 5.22. The zero-order valence-corrected chi connectivity index (χ0v) is 10.6. The molecule has 0 bridgehead atoms. The predicted molar refractivity (Wildman–Crippen MR) is 70.5 cm³/mol. The summed E-state index contributed by atoms with van der Waals surface area (Å²) in [5.74, 6) is 0.122. The van der Waals surface area contributed by atoms with Crippen molar-refractivity contribution >= 4 is 5.91 Å². The summed E-state index contributed by atoms with van der Waals surface area (Å²) in [6.45, 7) is 1.24. The molecule has 0 radical (unpaired) electrons. The van der Waals surface area contributed by atoms with Gasteiger partial charge in [0.1, 0.15) is 0 Å². The molecule has 1 unspecified atom stereocenters. The molecule has 1 aromatic carbocycles. The molecule has 0 aliphatic heterocycles. The van der Waals surface area contributed by atoms with E-state index in [0.29, 0.717) is 13.1 Å². The van der Waals surface area contributed by atoms with Crippen molar-refractivity contribution in [3.05, 3.63) is 47.8 Å². The van der Waals surface area contributed by atoms with Gasteiger partial charge in [0.15, 0.2) is 0 Å². The van der Waals surface area contributed by atoms with E-state index >= 15 is 0 Å². The summed E-state index contributed by atoms with van der Waals surface area (Å²) in [4.78, 5) is 12.2. The summed E-state index contributed by atoms with van der Waals surface area (Å²) >= 11 is 0. The van der Waals surface area contributed by atoms with Crippen molar-refractivity contribution in [2.75, 3.05) is 6.54 Å². The Balaban J connectivity index is 1.57. The monoisotopic (exact) mass is 256 g/mol. The van der Waals surface area contributed by atoms with Gasteiger partial charge >= 0.3 is 0 Å². The molecule has 1 N–H and O–H groups in total. The third kappa shape index (κ3) is 2.50. The fraction of sp³-hybridized carbons (Fsp3) is 0.357. The molecular formula is C14H16N4O. The molecule has 19 heavy (non-hydrogen) atoms.